The van der Waals surface area contributed by atoms with E-state index < -0.39 is 11.7 Å². The number of nitrogen functional groups attached to an aromatic ring is 1. The van der Waals surface area contributed by atoms with Crippen molar-refractivity contribution in [1.82, 2.24) is 9.97 Å². The maximum absolute atomic E-state index is 12.9. The van der Waals surface area contributed by atoms with Crippen LogP contribution in [0.4, 0.5) is 41.9 Å². The maximum Gasteiger partial charge on any atom is 0.416 e. The summed E-state index contributed by atoms with van der Waals surface area (Å²) >= 11 is 0. The Labute approximate surface area is 164 Å². The first kappa shape index (κ1) is 20.1. The zero-order valence-corrected chi connectivity index (χ0v) is 15.5. The zero-order valence-electron chi connectivity index (χ0n) is 15.5. The van der Waals surface area contributed by atoms with Gasteiger partial charge in [-0.2, -0.15) is 13.2 Å². The van der Waals surface area contributed by atoms with Gasteiger partial charge in [-0.3, -0.25) is 0 Å². The van der Waals surface area contributed by atoms with Gasteiger partial charge in [-0.05, 0) is 30.3 Å². The van der Waals surface area contributed by atoms with Crippen molar-refractivity contribution < 1.29 is 22.6 Å². The third-order valence-electron chi connectivity index (χ3n) is 4.00. The Morgan fingerprint density at radius 1 is 0.931 bits per heavy atom. The van der Waals surface area contributed by atoms with Crippen LogP contribution in [0.5, 0.6) is 11.5 Å². The van der Waals surface area contributed by atoms with Crippen molar-refractivity contribution in [2.24, 2.45) is 0 Å². The van der Waals surface area contributed by atoms with Gasteiger partial charge in [0, 0.05) is 11.8 Å². The predicted molar refractivity (Wildman–Crippen MR) is 104 cm³/mol. The van der Waals surface area contributed by atoms with Crippen LogP contribution in [0.3, 0.4) is 0 Å². The largest absolute Gasteiger partial charge is 0.497 e. The molecule has 7 nitrogen and oxygen atoms in total. The van der Waals surface area contributed by atoms with E-state index in [-0.39, 0.29) is 23.0 Å². The fourth-order valence-electron chi connectivity index (χ4n) is 2.54. The van der Waals surface area contributed by atoms with Gasteiger partial charge in [-0.25, -0.2) is 9.97 Å². The van der Waals surface area contributed by atoms with Crippen molar-refractivity contribution in [2.45, 2.75) is 6.18 Å². The molecule has 0 bridgehead atoms. The zero-order chi connectivity index (χ0) is 21.0. The van der Waals surface area contributed by atoms with Gasteiger partial charge in [0.15, 0.2) is 11.6 Å². The molecular formula is C19H18F3N5O2. The lowest BCUT2D eigenvalue weighted by Crippen LogP contribution is -2.07. The molecule has 29 heavy (non-hydrogen) atoms. The molecule has 0 atom stereocenters. The SMILES string of the molecule is COc1ccc(OC)c(Nc2ncnc(Nc3cccc(C(F)(F)F)c3)c2N)c1. The van der Waals surface area contributed by atoms with Crippen molar-refractivity contribution in [1.29, 1.82) is 0 Å². The van der Waals surface area contributed by atoms with Gasteiger partial charge < -0.3 is 25.8 Å². The van der Waals surface area contributed by atoms with Crippen molar-refractivity contribution in [3.05, 3.63) is 54.4 Å². The van der Waals surface area contributed by atoms with E-state index >= 15 is 0 Å². The van der Waals surface area contributed by atoms with E-state index in [0.717, 1.165) is 12.1 Å². The first-order valence-corrected chi connectivity index (χ1v) is 8.35. The highest BCUT2D eigenvalue weighted by molar-refractivity contribution is 5.81. The van der Waals surface area contributed by atoms with E-state index in [0.29, 0.717) is 17.2 Å². The summed E-state index contributed by atoms with van der Waals surface area (Å²) < 4.78 is 49.2. The lowest BCUT2D eigenvalue weighted by molar-refractivity contribution is -0.137. The molecule has 0 amide bonds. The molecule has 0 aliphatic heterocycles. The second-order valence-electron chi connectivity index (χ2n) is 5.88. The molecule has 0 radical (unpaired) electrons. The normalized spacial score (nSPS) is 11.1. The molecule has 152 valence electrons. The Balaban J connectivity index is 1.89. The number of nitrogens with zero attached hydrogens (tertiary/aromatic N) is 2. The van der Waals surface area contributed by atoms with E-state index in [2.05, 4.69) is 20.6 Å². The molecule has 2 aromatic carbocycles. The summed E-state index contributed by atoms with van der Waals surface area (Å²) in [6.45, 7) is 0. The molecule has 3 aromatic rings. The Bertz CT molecular complexity index is 1010. The number of rotatable bonds is 6. The van der Waals surface area contributed by atoms with E-state index in [9.17, 15) is 13.2 Å². The highest BCUT2D eigenvalue weighted by Gasteiger charge is 2.30. The Morgan fingerprint density at radius 3 is 2.31 bits per heavy atom. The second kappa shape index (κ2) is 8.13. The van der Waals surface area contributed by atoms with Crippen LogP contribution in [0, 0.1) is 0 Å². The molecular weight excluding hydrogens is 387 g/mol. The number of aromatic nitrogens is 2. The maximum atomic E-state index is 12.9. The van der Waals surface area contributed by atoms with Gasteiger partial charge in [0.1, 0.15) is 23.5 Å². The fraction of sp³-hybridized carbons (Fsp3) is 0.158. The number of halogens is 3. The standard InChI is InChI=1S/C19H18F3N5O2/c1-28-13-6-7-15(29-2)14(9-13)27-18-16(23)17(24-10-25-18)26-12-5-3-4-11(8-12)19(20,21)22/h3-10H,23H2,1-2H3,(H2,24,25,26,27). The summed E-state index contributed by atoms with van der Waals surface area (Å²) in [5.74, 6) is 1.52. The minimum absolute atomic E-state index is 0.120. The topological polar surface area (TPSA) is 94.3 Å². The summed E-state index contributed by atoms with van der Waals surface area (Å²) in [5.41, 5.74) is 6.19. The number of anilines is 5. The molecule has 1 aromatic heterocycles. The molecule has 1 heterocycles. The third-order valence-corrected chi connectivity index (χ3v) is 4.00. The van der Waals surface area contributed by atoms with Gasteiger partial charge >= 0.3 is 6.18 Å². The van der Waals surface area contributed by atoms with E-state index in [4.69, 9.17) is 15.2 Å². The molecule has 4 N–H and O–H groups in total. The number of alkyl halides is 3. The van der Waals surface area contributed by atoms with Crippen LogP contribution < -0.4 is 25.8 Å². The molecule has 0 aliphatic rings. The molecule has 0 saturated carbocycles. The fourth-order valence-corrected chi connectivity index (χ4v) is 2.54. The molecule has 0 spiro atoms. The molecule has 10 heteroatoms. The smallest absolute Gasteiger partial charge is 0.416 e. The number of ether oxygens (including phenoxy) is 2. The van der Waals surface area contributed by atoms with Gasteiger partial charge in [0.25, 0.3) is 0 Å². The minimum Gasteiger partial charge on any atom is -0.497 e. The second-order valence-corrected chi connectivity index (χ2v) is 5.88. The summed E-state index contributed by atoms with van der Waals surface area (Å²) in [6.07, 6.45) is -3.22. The Hall–Kier alpha value is -3.69. The highest BCUT2D eigenvalue weighted by atomic mass is 19.4. The van der Waals surface area contributed by atoms with Gasteiger partial charge in [0.05, 0.1) is 25.5 Å². The average molecular weight is 405 g/mol. The minimum atomic E-state index is -4.45. The number of benzene rings is 2. The van der Waals surface area contributed by atoms with Crippen molar-refractivity contribution in [3.8, 4) is 11.5 Å². The van der Waals surface area contributed by atoms with E-state index in [1.54, 1.807) is 18.2 Å². The lowest BCUT2D eigenvalue weighted by Gasteiger charge is -2.15. The summed E-state index contributed by atoms with van der Waals surface area (Å²) in [4.78, 5) is 8.12. The Morgan fingerprint density at radius 2 is 1.66 bits per heavy atom. The van der Waals surface area contributed by atoms with Gasteiger partial charge in [-0.15, -0.1) is 0 Å². The van der Waals surface area contributed by atoms with E-state index in [1.807, 2.05) is 0 Å². The van der Waals surface area contributed by atoms with Crippen molar-refractivity contribution in [3.63, 3.8) is 0 Å². The van der Waals surface area contributed by atoms with Crippen LogP contribution in [0.25, 0.3) is 0 Å². The van der Waals surface area contributed by atoms with Crippen LogP contribution in [0.15, 0.2) is 48.8 Å². The first-order valence-electron chi connectivity index (χ1n) is 8.35. The molecule has 3 rings (SSSR count). The van der Waals surface area contributed by atoms with Crippen LogP contribution >= 0.6 is 0 Å². The quantitative estimate of drug-likeness (QED) is 0.552. The number of hydrogen-bond acceptors (Lipinski definition) is 7. The van der Waals surface area contributed by atoms with Gasteiger partial charge in [0.2, 0.25) is 0 Å². The van der Waals surface area contributed by atoms with Crippen LogP contribution in [-0.2, 0) is 6.18 Å². The highest BCUT2D eigenvalue weighted by Crippen LogP contribution is 2.35. The first-order chi connectivity index (χ1) is 13.8. The van der Waals surface area contributed by atoms with Crippen molar-refractivity contribution in [2.75, 3.05) is 30.6 Å². The Kier molecular flexibility index (Phi) is 5.62. The average Bonchev–Trinajstić information content (AvgIpc) is 2.70. The summed E-state index contributed by atoms with van der Waals surface area (Å²) in [5, 5.41) is 5.82. The third kappa shape index (κ3) is 4.60. The molecule has 0 fully saturated rings. The van der Waals surface area contributed by atoms with E-state index in [1.165, 1.54) is 32.7 Å². The summed E-state index contributed by atoms with van der Waals surface area (Å²) in [7, 11) is 3.04. The molecule has 0 unspecified atom stereocenters. The monoisotopic (exact) mass is 405 g/mol. The predicted octanol–water partition coefficient (Wildman–Crippen LogP) is 4.58. The number of nitrogens with two attached hydrogens (primary N) is 1. The van der Waals surface area contributed by atoms with Crippen LogP contribution in [-0.4, -0.2) is 24.2 Å². The summed E-state index contributed by atoms with van der Waals surface area (Å²) in [6, 6.07) is 9.86. The molecule has 0 saturated heterocycles. The van der Waals surface area contributed by atoms with Gasteiger partial charge in [-0.1, -0.05) is 6.07 Å². The number of methoxy groups -OCH3 is 2. The lowest BCUT2D eigenvalue weighted by atomic mass is 10.2. The van der Waals surface area contributed by atoms with Crippen LogP contribution in [0.2, 0.25) is 0 Å². The number of hydrogen-bond donors (Lipinski definition) is 3. The van der Waals surface area contributed by atoms with Crippen LogP contribution in [0.1, 0.15) is 5.56 Å². The van der Waals surface area contributed by atoms with Crippen molar-refractivity contribution >= 4 is 28.7 Å². The molecule has 0 aliphatic carbocycles. The number of nitrogens with one attached hydrogen (secondary N) is 2.